The molecule has 1 aromatic carbocycles. The normalized spacial score (nSPS) is 11.4. The van der Waals surface area contributed by atoms with Gasteiger partial charge in [-0.2, -0.15) is 0 Å². The zero-order valence-electron chi connectivity index (χ0n) is 12.8. The van der Waals surface area contributed by atoms with E-state index in [4.69, 9.17) is 4.74 Å². The van der Waals surface area contributed by atoms with Crippen molar-refractivity contribution in [2.45, 2.75) is 19.4 Å². The second-order valence-electron chi connectivity index (χ2n) is 5.30. The van der Waals surface area contributed by atoms with Gasteiger partial charge in [0.1, 0.15) is 11.4 Å². The van der Waals surface area contributed by atoms with Crippen molar-refractivity contribution in [2.75, 3.05) is 12.4 Å². The van der Waals surface area contributed by atoms with E-state index in [1.807, 2.05) is 53.4 Å². The molecule has 1 heterocycles. The summed E-state index contributed by atoms with van der Waals surface area (Å²) in [5.41, 5.74) is 5.62. The number of aryl methyl sites for hydroxylation is 2. The number of pyridine rings is 1. The number of hydrogen-bond donors (Lipinski definition) is 1. The largest absolute Gasteiger partial charge is 0.748 e. The van der Waals surface area contributed by atoms with Crippen molar-refractivity contribution in [1.29, 1.82) is 0 Å². The molecular weight excluding hydrogens is 316 g/mol. The second kappa shape index (κ2) is 8.05. The van der Waals surface area contributed by atoms with Gasteiger partial charge in [-0.3, -0.25) is 0 Å². The monoisotopic (exact) mass is 337 g/mol. The zero-order chi connectivity index (χ0) is 16.7. The molecule has 23 heavy (non-hydrogen) atoms. The maximum Gasteiger partial charge on any atom is 0.169 e. The van der Waals surface area contributed by atoms with E-state index in [1.54, 1.807) is 0 Å². The maximum atomic E-state index is 10.6. The van der Waals surface area contributed by atoms with E-state index in [0.717, 1.165) is 30.0 Å². The smallest absolute Gasteiger partial charge is 0.169 e. The Bertz CT molecular complexity index is 713. The lowest BCUT2D eigenvalue weighted by Crippen LogP contribution is -2.39. The van der Waals surface area contributed by atoms with Gasteiger partial charge in [-0.15, -0.1) is 0 Å². The van der Waals surface area contributed by atoms with Gasteiger partial charge < -0.3 is 15.0 Å². The molecule has 0 spiro atoms. The molecule has 0 fully saturated rings. The van der Waals surface area contributed by atoms with Crippen LogP contribution in [-0.4, -0.2) is 25.3 Å². The quantitative estimate of drug-likeness (QED) is 0.428. The van der Waals surface area contributed by atoms with E-state index in [9.17, 15) is 13.0 Å². The van der Waals surface area contributed by atoms with Crippen LogP contribution in [0.3, 0.4) is 0 Å². The van der Waals surface area contributed by atoms with Gasteiger partial charge in [0.05, 0.1) is 16.7 Å². The Morgan fingerprint density at radius 2 is 1.74 bits per heavy atom. The van der Waals surface area contributed by atoms with Crippen LogP contribution in [0.2, 0.25) is 0 Å². The molecule has 0 aliphatic rings. The average molecular weight is 337 g/mol. The van der Waals surface area contributed by atoms with E-state index in [2.05, 4.69) is 5.73 Å². The summed E-state index contributed by atoms with van der Waals surface area (Å²) >= 11 is 0. The molecule has 2 aromatic rings. The van der Waals surface area contributed by atoms with E-state index < -0.39 is 10.1 Å². The third-order valence-electron chi connectivity index (χ3n) is 3.35. The SMILES string of the molecule is [NH3+]c1ccc(OCCC[n+]2ccc(CCS(=O)(=O)[O-])cc2)cc1. The van der Waals surface area contributed by atoms with Crippen molar-refractivity contribution in [3.63, 3.8) is 0 Å². The Morgan fingerprint density at radius 3 is 2.35 bits per heavy atom. The van der Waals surface area contributed by atoms with E-state index >= 15 is 0 Å². The molecule has 0 saturated heterocycles. The molecule has 7 heteroatoms. The van der Waals surface area contributed by atoms with Crippen LogP contribution in [0.25, 0.3) is 0 Å². The molecule has 0 unspecified atom stereocenters. The maximum absolute atomic E-state index is 10.6. The average Bonchev–Trinajstić information content (AvgIpc) is 2.52. The summed E-state index contributed by atoms with van der Waals surface area (Å²) in [4.78, 5) is 0. The molecule has 0 aliphatic carbocycles. The van der Waals surface area contributed by atoms with Crippen LogP contribution < -0.4 is 15.0 Å². The Labute approximate surface area is 136 Å². The first kappa shape index (κ1) is 17.4. The van der Waals surface area contributed by atoms with Gasteiger partial charge in [0.15, 0.2) is 18.9 Å². The molecule has 0 bridgehead atoms. The van der Waals surface area contributed by atoms with Crippen LogP contribution >= 0.6 is 0 Å². The van der Waals surface area contributed by atoms with Gasteiger partial charge in [-0.05, 0) is 24.1 Å². The summed E-state index contributed by atoms with van der Waals surface area (Å²) in [6.45, 7) is 1.41. The number of benzene rings is 1. The Hall–Kier alpha value is -1.96. The summed E-state index contributed by atoms with van der Waals surface area (Å²) in [5, 5.41) is 0. The van der Waals surface area contributed by atoms with Crippen molar-refractivity contribution in [1.82, 2.24) is 0 Å². The third-order valence-corrected chi connectivity index (χ3v) is 4.06. The van der Waals surface area contributed by atoms with E-state index in [-0.39, 0.29) is 12.2 Å². The molecule has 6 nitrogen and oxygen atoms in total. The Kier molecular flexibility index (Phi) is 6.09. The minimum absolute atomic E-state index is 0.248. The number of ether oxygens (including phenoxy) is 1. The molecule has 1 aromatic heterocycles. The number of quaternary nitrogens is 1. The first-order valence-corrected chi connectivity index (χ1v) is 8.96. The molecule has 0 saturated carbocycles. The lowest BCUT2D eigenvalue weighted by atomic mass is 10.2. The van der Waals surface area contributed by atoms with Gasteiger partial charge in [0, 0.05) is 36.4 Å². The molecule has 0 aliphatic heterocycles. The number of nitrogens with zero attached hydrogens (tertiary/aromatic N) is 1. The fraction of sp³-hybridized carbons (Fsp3) is 0.312. The van der Waals surface area contributed by atoms with Crippen LogP contribution in [0.4, 0.5) is 5.69 Å². The van der Waals surface area contributed by atoms with Crippen molar-refractivity contribution in [2.24, 2.45) is 0 Å². The summed E-state index contributed by atoms with van der Waals surface area (Å²) < 4.78 is 39.4. The van der Waals surface area contributed by atoms with Gasteiger partial charge in [-0.25, -0.2) is 13.0 Å². The predicted molar refractivity (Wildman–Crippen MR) is 84.0 cm³/mol. The lowest BCUT2D eigenvalue weighted by molar-refractivity contribution is -0.697. The minimum atomic E-state index is -4.16. The Morgan fingerprint density at radius 1 is 1.09 bits per heavy atom. The molecule has 2 rings (SSSR count). The molecule has 0 atom stereocenters. The van der Waals surface area contributed by atoms with Crippen molar-refractivity contribution >= 4 is 15.8 Å². The third kappa shape index (κ3) is 6.77. The highest BCUT2D eigenvalue weighted by molar-refractivity contribution is 7.85. The van der Waals surface area contributed by atoms with Crippen molar-refractivity contribution in [3.05, 3.63) is 54.4 Å². The van der Waals surface area contributed by atoms with Crippen LogP contribution in [0.15, 0.2) is 48.8 Å². The number of rotatable bonds is 8. The molecule has 0 amide bonds. The van der Waals surface area contributed by atoms with E-state index in [1.165, 1.54) is 0 Å². The predicted octanol–water partition coefficient (Wildman–Crippen LogP) is 0.404. The minimum Gasteiger partial charge on any atom is -0.748 e. The topological polar surface area (TPSA) is 98.0 Å². The first-order chi connectivity index (χ1) is 10.9. The summed E-state index contributed by atoms with van der Waals surface area (Å²) in [6, 6.07) is 11.3. The molecule has 0 radical (unpaired) electrons. The second-order valence-corrected chi connectivity index (χ2v) is 6.83. The standard InChI is InChI=1S/C16H20N2O4S/c17-15-2-4-16(5-3-15)22-12-1-9-18-10-6-14(7-11-18)8-13-23(19,20)21/h2-7,10-11H,1,8-9,12-13,17H2/p+1. The van der Waals surface area contributed by atoms with Crippen LogP contribution in [-0.2, 0) is 23.1 Å². The van der Waals surface area contributed by atoms with Gasteiger partial charge in [-0.1, -0.05) is 0 Å². The number of aromatic nitrogens is 1. The highest BCUT2D eigenvalue weighted by Crippen LogP contribution is 2.12. The molecule has 3 N–H and O–H groups in total. The highest BCUT2D eigenvalue weighted by Gasteiger charge is 2.03. The van der Waals surface area contributed by atoms with Crippen molar-refractivity contribution in [3.8, 4) is 5.75 Å². The first-order valence-electron chi connectivity index (χ1n) is 7.39. The van der Waals surface area contributed by atoms with Gasteiger partial charge in [0.2, 0.25) is 0 Å². The van der Waals surface area contributed by atoms with Crippen LogP contribution in [0.5, 0.6) is 5.75 Å². The molecular formula is C16H21N2O4S+. The van der Waals surface area contributed by atoms with Crippen LogP contribution in [0.1, 0.15) is 12.0 Å². The van der Waals surface area contributed by atoms with Crippen molar-refractivity contribution < 1.29 is 28.0 Å². The van der Waals surface area contributed by atoms with Gasteiger partial charge in [0.25, 0.3) is 0 Å². The van der Waals surface area contributed by atoms with E-state index in [0.29, 0.717) is 6.61 Å². The van der Waals surface area contributed by atoms with Gasteiger partial charge >= 0.3 is 0 Å². The summed E-state index contributed by atoms with van der Waals surface area (Å²) in [7, 11) is -4.16. The summed E-state index contributed by atoms with van der Waals surface area (Å²) in [6.07, 6.45) is 4.86. The summed E-state index contributed by atoms with van der Waals surface area (Å²) in [5.74, 6) is 0.466. The Balaban J connectivity index is 1.72. The highest BCUT2D eigenvalue weighted by atomic mass is 32.2. The van der Waals surface area contributed by atoms with Crippen LogP contribution in [0, 0.1) is 0 Å². The fourth-order valence-corrected chi connectivity index (χ4v) is 2.56. The zero-order valence-corrected chi connectivity index (χ0v) is 13.7. The number of hydrogen-bond acceptors (Lipinski definition) is 4. The lowest BCUT2D eigenvalue weighted by Gasteiger charge is -2.06. The fourth-order valence-electron chi connectivity index (χ4n) is 2.07. The molecule has 124 valence electrons.